The maximum atomic E-state index is 12.0. The molecule has 0 aliphatic carbocycles. The minimum atomic E-state index is 0.0476. The van der Waals surface area contributed by atoms with Crippen LogP contribution in [0.5, 0.6) is 0 Å². The number of nitrogens with zero attached hydrogens (tertiary/aromatic N) is 4. The van der Waals surface area contributed by atoms with Crippen LogP contribution in [-0.4, -0.2) is 26.0 Å². The summed E-state index contributed by atoms with van der Waals surface area (Å²) in [4.78, 5) is 14.1. The van der Waals surface area contributed by atoms with Crippen molar-refractivity contribution in [2.24, 2.45) is 7.05 Å². The smallest absolute Gasteiger partial charge is 0.182 e. The van der Waals surface area contributed by atoms with Gasteiger partial charge < -0.3 is 0 Å². The van der Waals surface area contributed by atoms with Gasteiger partial charge in [-0.15, -0.1) is 32.9 Å². The molecule has 0 atom stereocenters. The molecule has 0 aliphatic heterocycles. The van der Waals surface area contributed by atoms with E-state index in [2.05, 4.69) is 15.4 Å². The van der Waals surface area contributed by atoms with E-state index in [4.69, 9.17) is 0 Å². The number of carbonyl (C=O) groups is 1. The lowest BCUT2D eigenvalue weighted by atomic mass is 10.2. The minimum absolute atomic E-state index is 0.0476. The SMILES string of the molecule is Cn1nnc(CC(=O)c2cc3sccc3s2)n1. The van der Waals surface area contributed by atoms with Crippen molar-refractivity contribution in [1.82, 2.24) is 20.2 Å². The third-order valence-electron chi connectivity index (χ3n) is 2.28. The van der Waals surface area contributed by atoms with Crippen LogP contribution < -0.4 is 0 Å². The summed E-state index contributed by atoms with van der Waals surface area (Å²) in [5, 5.41) is 13.5. The van der Waals surface area contributed by atoms with Crippen LogP contribution >= 0.6 is 22.7 Å². The average Bonchev–Trinajstić information content (AvgIpc) is 2.92. The molecule has 0 fully saturated rings. The molecule has 0 saturated carbocycles. The number of thiophene rings is 2. The normalized spacial score (nSPS) is 11.1. The fraction of sp³-hybridized carbons (Fsp3) is 0.200. The molecule has 0 unspecified atom stereocenters. The predicted octanol–water partition coefficient (Wildman–Crippen LogP) is 1.91. The van der Waals surface area contributed by atoms with Gasteiger partial charge in [-0.05, 0) is 22.7 Å². The summed E-state index contributed by atoms with van der Waals surface area (Å²) >= 11 is 3.16. The second-order valence-corrected chi connectivity index (χ2v) is 5.59. The average molecular weight is 264 g/mol. The Morgan fingerprint density at radius 1 is 1.47 bits per heavy atom. The van der Waals surface area contributed by atoms with Crippen LogP contribution in [0.1, 0.15) is 15.5 Å². The van der Waals surface area contributed by atoms with Crippen molar-refractivity contribution >= 4 is 37.9 Å². The summed E-state index contributed by atoms with van der Waals surface area (Å²) in [5.41, 5.74) is 0. The van der Waals surface area contributed by atoms with Gasteiger partial charge in [0.1, 0.15) is 0 Å². The van der Waals surface area contributed by atoms with Gasteiger partial charge in [-0.25, -0.2) is 0 Å². The molecule has 3 heterocycles. The van der Waals surface area contributed by atoms with Gasteiger partial charge in [0.2, 0.25) is 0 Å². The lowest BCUT2D eigenvalue weighted by Gasteiger charge is -1.91. The molecule has 3 aromatic heterocycles. The van der Waals surface area contributed by atoms with Crippen LogP contribution in [0.15, 0.2) is 17.5 Å². The van der Waals surface area contributed by atoms with Crippen molar-refractivity contribution in [3.05, 3.63) is 28.2 Å². The third kappa shape index (κ3) is 1.98. The molecule has 0 radical (unpaired) electrons. The van der Waals surface area contributed by atoms with E-state index in [1.54, 1.807) is 18.4 Å². The lowest BCUT2D eigenvalue weighted by molar-refractivity contribution is 0.0994. The molecule has 0 aliphatic rings. The molecule has 5 nitrogen and oxygen atoms in total. The number of rotatable bonds is 3. The van der Waals surface area contributed by atoms with Gasteiger partial charge in [-0.3, -0.25) is 4.79 Å². The number of aromatic nitrogens is 4. The van der Waals surface area contributed by atoms with Crippen molar-refractivity contribution in [2.45, 2.75) is 6.42 Å². The summed E-state index contributed by atoms with van der Waals surface area (Å²) in [6.45, 7) is 0. The molecule has 86 valence electrons. The highest BCUT2D eigenvalue weighted by atomic mass is 32.1. The molecule has 0 N–H and O–H groups in total. The monoisotopic (exact) mass is 264 g/mol. The maximum Gasteiger partial charge on any atom is 0.182 e. The van der Waals surface area contributed by atoms with E-state index < -0.39 is 0 Å². The number of aryl methyl sites for hydroxylation is 1. The van der Waals surface area contributed by atoms with E-state index >= 15 is 0 Å². The van der Waals surface area contributed by atoms with Gasteiger partial charge in [0.15, 0.2) is 11.6 Å². The molecule has 0 spiro atoms. The number of carbonyl (C=O) groups excluding carboxylic acids is 1. The predicted molar refractivity (Wildman–Crippen MR) is 66.5 cm³/mol. The van der Waals surface area contributed by atoms with E-state index in [-0.39, 0.29) is 12.2 Å². The Balaban J connectivity index is 1.84. The molecular weight excluding hydrogens is 256 g/mol. The van der Waals surface area contributed by atoms with Gasteiger partial charge in [0, 0.05) is 9.40 Å². The number of Topliss-reactive ketones (excluding diaryl/α,β-unsaturated/α-hetero) is 1. The first-order valence-electron chi connectivity index (χ1n) is 4.95. The van der Waals surface area contributed by atoms with Gasteiger partial charge in [0.25, 0.3) is 0 Å². The third-order valence-corrected chi connectivity index (χ3v) is 4.42. The maximum absolute atomic E-state index is 12.0. The Hall–Kier alpha value is -1.60. The topological polar surface area (TPSA) is 60.7 Å². The molecule has 7 heteroatoms. The fourth-order valence-corrected chi connectivity index (χ4v) is 3.57. The van der Waals surface area contributed by atoms with Crippen molar-refractivity contribution in [3.63, 3.8) is 0 Å². The van der Waals surface area contributed by atoms with Crippen molar-refractivity contribution in [2.75, 3.05) is 0 Å². The summed E-state index contributed by atoms with van der Waals surface area (Å²) in [7, 11) is 1.68. The van der Waals surface area contributed by atoms with Crippen molar-refractivity contribution in [3.8, 4) is 0 Å². The van der Waals surface area contributed by atoms with E-state index in [0.717, 1.165) is 14.3 Å². The highest BCUT2D eigenvalue weighted by Gasteiger charge is 2.14. The fourth-order valence-electron chi connectivity index (χ4n) is 1.53. The van der Waals surface area contributed by atoms with Gasteiger partial charge in [-0.1, -0.05) is 0 Å². The standard InChI is InChI=1S/C10H8N4OS2/c1-14-12-10(11-13-14)4-6(15)8-5-9-7(17-8)2-3-16-9/h2-3,5H,4H2,1H3. The molecular formula is C10H8N4OS2. The van der Waals surface area contributed by atoms with Crippen LogP contribution in [0.2, 0.25) is 0 Å². The first-order chi connectivity index (χ1) is 8.22. The van der Waals surface area contributed by atoms with E-state index in [9.17, 15) is 4.79 Å². The number of hydrogen-bond donors (Lipinski definition) is 0. The molecule has 0 amide bonds. The lowest BCUT2D eigenvalue weighted by Crippen LogP contribution is -2.03. The van der Waals surface area contributed by atoms with Crippen LogP contribution in [0.25, 0.3) is 9.40 Å². The Kier molecular flexibility index (Phi) is 2.49. The Bertz CT molecular complexity index is 653. The second kappa shape index (κ2) is 4.01. The van der Waals surface area contributed by atoms with E-state index in [0.29, 0.717) is 5.82 Å². The largest absolute Gasteiger partial charge is 0.293 e. The quantitative estimate of drug-likeness (QED) is 0.678. The number of tetrazole rings is 1. The number of fused-ring (bicyclic) bond motifs is 1. The highest BCUT2D eigenvalue weighted by molar-refractivity contribution is 7.27. The molecule has 0 aromatic carbocycles. The Morgan fingerprint density at radius 3 is 3.06 bits per heavy atom. The molecule has 0 bridgehead atoms. The van der Waals surface area contributed by atoms with Gasteiger partial charge in [0.05, 0.1) is 18.3 Å². The zero-order chi connectivity index (χ0) is 11.8. The summed E-state index contributed by atoms with van der Waals surface area (Å²) in [5.74, 6) is 0.514. The van der Waals surface area contributed by atoms with Crippen LogP contribution in [0.4, 0.5) is 0 Å². The van der Waals surface area contributed by atoms with E-state index in [1.165, 1.54) is 16.1 Å². The molecule has 0 saturated heterocycles. The van der Waals surface area contributed by atoms with Crippen LogP contribution in [-0.2, 0) is 13.5 Å². The molecule has 3 aromatic rings. The molecule has 3 rings (SSSR count). The summed E-state index contributed by atoms with van der Waals surface area (Å²) < 4.78 is 2.32. The molecule has 17 heavy (non-hydrogen) atoms. The number of hydrogen-bond acceptors (Lipinski definition) is 6. The van der Waals surface area contributed by atoms with Crippen LogP contribution in [0, 0.1) is 0 Å². The number of ketones is 1. The van der Waals surface area contributed by atoms with Crippen molar-refractivity contribution in [1.29, 1.82) is 0 Å². The zero-order valence-electron chi connectivity index (χ0n) is 8.95. The first-order valence-corrected chi connectivity index (χ1v) is 6.65. The summed E-state index contributed by atoms with van der Waals surface area (Å²) in [6.07, 6.45) is 0.210. The van der Waals surface area contributed by atoms with Gasteiger partial charge >= 0.3 is 0 Å². The Morgan fingerprint density at radius 2 is 2.35 bits per heavy atom. The second-order valence-electron chi connectivity index (χ2n) is 3.55. The Labute approximate surface area is 105 Å². The summed E-state index contributed by atoms with van der Waals surface area (Å²) in [6, 6.07) is 3.96. The highest BCUT2D eigenvalue weighted by Crippen LogP contribution is 2.30. The van der Waals surface area contributed by atoms with E-state index in [1.807, 2.05) is 17.5 Å². The van der Waals surface area contributed by atoms with Gasteiger partial charge in [-0.2, -0.15) is 4.80 Å². The van der Waals surface area contributed by atoms with Crippen molar-refractivity contribution < 1.29 is 4.79 Å². The van der Waals surface area contributed by atoms with Crippen LogP contribution in [0.3, 0.4) is 0 Å². The minimum Gasteiger partial charge on any atom is -0.293 e. The zero-order valence-corrected chi connectivity index (χ0v) is 10.6. The first kappa shape index (κ1) is 10.5.